The van der Waals surface area contributed by atoms with Crippen molar-refractivity contribution in [2.24, 2.45) is 0 Å². The van der Waals surface area contributed by atoms with Crippen LogP contribution in [0.3, 0.4) is 0 Å². The highest BCUT2D eigenvalue weighted by Crippen LogP contribution is 2.29. The smallest absolute Gasteiger partial charge is 0.246 e. The van der Waals surface area contributed by atoms with E-state index in [0.717, 1.165) is 28.0 Å². The van der Waals surface area contributed by atoms with Gasteiger partial charge in [-0.2, -0.15) is 4.31 Å². The van der Waals surface area contributed by atoms with Crippen LogP contribution < -0.4 is 9.64 Å². The van der Waals surface area contributed by atoms with Gasteiger partial charge in [-0.25, -0.2) is 8.42 Å². The van der Waals surface area contributed by atoms with Gasteiger partial charge in [-0.3, -0.25) is 0 Å². The second-order valence-electron chi connectivity index (χ2n) is 8.38. The van der Waals surface area contributed by atoms with Gasteiger partial charge in [-0.05, 0) is 53.6 Å². The molecule has 1 saturated heterocycles. The third-order valence-electron chi connectivity index (χ3n) is 6.20. The number of sulfonamides is 1. The number of hydrogen-bond acceptors (Lipinski definition) is 6. The number of hydrogen-bond donors (Lipinski definition) is 0. The SMILES string of the molecule is COc1ccc(C)cc1S(=O)(=O)N1CCN(c2ccc(-c3ccc4ccccc4c3)nn2)CC1. The van der Waals surface area contributed by atoms with Gasteiger partial charge in [0.2, 0.25) is 10.0 Å². The summed E-state index contributed by atoms with van der Waals surface area (Å²) in [6, 6.07) is 23.6. The fourth-order valence-electron chi connectivity index (χ4n) is 4.28. The first-order chi connectivity index (χ1) is 16.5. The molecule has 174 valence electrons. The Balaban J connectivity index is 1.30. The maximum Gasteiger partial charge on any atom is 0.246 e. The van der Waals surface area contributed by atoms with Crippen LogP contribution in [-0.4, -0.2) is 56.2 Å². The van der Waals surface area contributed by atoms with Crippen molar-refractivity contribution in [1.29, 1.82) is 0 Å². The van der Waals surface area contributed by atoms with Crippen LogP contribution in [0.25, 0.3) is 22.0 Å². The van der Waals surface area contributed by atoms with Gasteiger partial charge in [0.05, 0.1) is 12.8 Å². The van der Waals surface area contributed by atoms with E-state index in [2.05, 4.69) is 45.4 Å². The van der Waals surface area contributed by atoms with Crippen LogP contribution in [0.15, 0.2) is 77.7 Å². The first-order valence-corrected chi connectivity index (χ1v) is 12.6. The van der Waals surface area contributed by atoms with Gasteiger partial charge in [0.15, 0.2) is 5.82 Å². The monoisotopic (exact) mass is 474 g/mol. The van der Waals surface area contributed by atoms with Crippen LogP contribution in [0.2, 0.25) is 0 Å². The Kier molecular flexibility index (Phi) is 5.93. The average Bonchev–Trinajstić information content (AvgIpc) is 2.88. The molecule has 0 N–H and O–H groups in total. The second kappa shape index (κ2) is 9.04. The molecule has 0 unspecified atom stereocenters. The molecule has 7 nitrogen and oxygen atoms in total. The van der Waals surface area contributed by atoms with Gasteiger partial charge in [0.1, 0.15) is 10.6 Å². The van der Waals surface area contributed by atoms with Gasteiger partial charge >= 0.3 is 0 Å². The van der Waals surface area contributed by atoms with Crippen LogP contribution in [0.1, 0.15) is 5.56 Å². The van der Waals surface area contributed by atoms with E-state index in [1.165, 1.54) is 16.8 Å². The van der Waals surface area contributed by atoms with Crippen molar-refractivity contribution in [1.82, 2.24) is 14.5 Å². The molecule has 0 spiro atoms. The third-order valence-corrected chi connectivity index (χ3v) is 8.12. The van der Waals surface area contributed by atoms with Crippen molar-refractivity contribution >= 4 is 26.6 Å². The summed E-state index contributed by atoms with van der Waals surface area (Å²) >= 11 is 0. The number of rotatable bonds is 5. The third kappa shape index (κ3) is 4.22. The van der Waals surface area contributed by atoms with E-state index in [1.807, 2.05) is 37.3 Å². The summed E-state index contributed by atoms with van der Waals surface area (Å²) < 4.78 is 33.3. The predicted molar refractivity (Wildman–Crippen MR) is 134 cm³/mol. The summed E-state index contributed by atoms with van der Waals surface area (Å²) in [6.07, 6.45) is 0. The summed E-state index contributed by atoms with van der Waals surface area (Å²) in [4.78, 5) is 2.28. The van der Waals surface area contributed by atoms with Gasteiger partial charge in [-0.1, -0.05) is 42.5 Å². The molecular weight excluding hydrogens is 448 g/mol. The number of fused-ring (bicyclic) bond motifs is 1. The number of aryl methyl sites for hydroxylation is 1. The number of anilines is 1. The molecule has 5 rings (SSSR count). The van der Waals surface area contributed by atoms with E-state index in [4.69, 9.17) is 4.74 Å². The Labute approximate surface area is 199 Å². The molecule has 4 aromatic rings. The highest BCUT2D eigenvalue weighted by Gasteiger charge is 2.31. The fraction of sp³-hybridized carbons (Fsp3) is 0.231. The average molecular weight is 475 g/mol. The Morgan fingerprint density at radius 2 is 1.59 bits per heavy atom. The van der Waals surface area contributed by atoms with E-state index in [-0.39, 0.29) is 4.90 Å². The largest absolute Gasteiger partial charge is 0.495 e. The minimum Gasteiger partial charge on any atom is -0.495 e. The zero-order valence-corrected chi connectivity index (χ0v) is 20.0. The number of nitrogens with zero attached hydrogens (tertiary/aromatic N) is 4. The second-order valence-corrected chi connectivity index (χ2v) is 10.3. The molecule has 0 atom stereocenters. The van der Waals surface area contributed by atoms with E-state index in [9.17, 15) is 8.42 Å². The highest BCUT2D eigenvalue weighted by atomic mass is 32.2. The predicted octanol–water partition coefficient (Wildman–Crippen LogP) is 4.12. The Bertz CT molecular complexity index is 1430. The quantitative estimate of drug-likeness (QED) is 0.433. The molecule has 0 bridgehead atoms. The minimum absolute atomic E-state index is 0.211. The normalized spacial score (nSPS) is 14.9. The molecule has 2 heterocycles. The van der Waals surface area contributed by atoms with Crippen LogP contribution in [-0.2, 0) is 10.0 Å². The summed E-state index contributed by atoms with van der Waals surface area (Å²) in [5.41, 5.74) is 2.70. The lowest BCUT2D eigenvalue weighted by molar-refractivity contribution is 0.373. The molecule has 1 fully saturated rings. The van der Waals surface area contributed by atoms with Crippen LogP contribution in [0, 0.1) is 6.92 Å². The van der Waals surface area contributed by atoms with E-state index in [1.54, 1.807) is 12.1 Å². The van der Waals surface area contributed by atoms with Crippen molar-refractivity contribution in [3.63, 3.8) is 0 Å². The first kappa shape index (κ1) is 22.3. The molecule has 1 aromatic heterocycles. The molecule has 8 heteroatoms. The Hall–Kier alpha value is -3.49. The number of ether oxygens (including phenoxy) is 1. The molecule has 34 heavy (non-hydrogen) atoms. The number of methoxy groups -OCH3 is 1. The topological polar surface area (TPSA) is 75.6 Å². The molecule has 1 aliphatic heterocycles. The van der Waals surface area contributed by atoms with Gasteiger partial charge < -0.3 is 9.64 Å². The molecule has 1 aliphatic rings. The van der Waals surface area contributed by atoms with Crippen LogP contribution in [0.4, 0.5) is 5.82 Å². The summed E-state index contributed by atoms with van der Waals surface area (Å²) in [5.74, 6) is 1.11. The maximum absolute atomic E-state index is 13.3. The summed E-state index contributed by atoms with van der Waals surface area (Å²) in [6.45, 7) is 3.69. The maximum atomic E-state index is 13.3. The standard InChI is InChI=1S/C26H26N4O3S/c1-19-7-11-24(33-2)25(17-19)34(31,32)30-15-13-29(14-16-30)26-12-10-23(27-28-26)22-9-8-20-5-3-4-6-21(20)18-22/h3-12,17-18H,13-16H2,1-2H3. The lowest BCUT2D eigenvalue weighted by Crippen LogP contribution is -2.49. The van der Waals surface area contributed by atoms with E-state index in [0.29, 0.717) is 31.9 Å². The van der Waals surface area contributed by atoms with Crippen LogP contribution in [0.5, 0.6) is 5.75 Å². The minimum atomic E-state index is -3.65. The number of piperazine rings is 1. The lowest BCUT2D eigenvalue weighted by atomic mass is 10.1. The van der Waals surface area contributed by atoms with Gasteiger partial charge in [0.25, 0.3) is 0 Å². The zero-order chi connectivity index (χ0) is 23.7. The molecule has 0 amide bonds. The van der Waals surface area contributed by atoms with Crippen LogP contribution >= 0.6 is 0 Å². The Morgan fingerprint density at radius 3 is 2.29 bits per heavy atom. The summed E-state index contributed by atoms with van der Waals surface area (Å²) in [5, 5.41) is 11.2. The molecule has 0 aliphatic carbocycles. The molecule has 0 radical (unpaired) electrons. The van der Waals surface area contributed by atoms with Crippen molar-refractivity contribution in [2.45, 2.75) is 11.8 Å². The first-order valence-electron chi connectivity index (χ1n) is 11.2. The van der Waals surface area contributed by atoms with E-state index < -0.39 is 10.0 Å². The van der Waals surface area contributed by atoms with E-state index >= 15 is 0 Å². The Morgan fingerprint density at radius 1 is 0.824 bits per heavy atom. The molecule has 0 saturated carbocycles. The van der Waals surface area contributed by atoms with Gasteiger partial charge in [-0.15, -0.1) is 10.2 Å². The van der Waals surface area contributed by atoms with Crippen molar-refractivity contribution < 1.29 is 13.2 Å². The van der Waals surface area contributed by atoms with Gasteiger partial charge in [0, 0.05) is 31.7 Å². The lowest BCUT2D eigenvalue weighted by Gasteiger charge is -2.34. The summed E-state index contributed by atoms with van der Waals surface area (Å²) in [7, 11) is -2.16. The fourth-order valence-corrected chi connectivity index (χ4v) is 5.94. The zero-order valence-electron chi connectivity index (χ0n) is 19.2. The van der Waals surface area contributed by atoms with Crippen molar-refractivity contribution in [3.05, 3.63) is 78.4 Å². The number of benzene rings is 3. The molecule has 3 aromatic carbocycles. The molecular formula is C26H26N4O3S. The van der Waals surface area contributed by atoms with Crippen molar-refractivity contribution in [3.8, 4) is 17.0 Å². The highest BCUT2D eigenvalue weighted by molar-refractivity contribution is 7.89. The number of aromatic nitrogens is 2. The van der Waals surface area contributed by atoms with Crippen molar-refractivity contribution in [2.75, 3.05) is 38.2 Å².